The van der Waals surface area contributed by atoms with Crippen LogP contribution in [0.1, 0.15) is 28.9 Å². The average Bonchev–Trinajstić information content (AvgIpc) is 3.03. The van der Waals surface area contributed by atoms with Crippen molar-refractivity contribution in [2.75, 3.05) is 23.3 Å². The van der Waals surface area contributed by atoms with Gasteiger partial charge in [-0.3, -0.25) is 4.79 Å². The number of anilines is 2. The Morgan fingerprint density at radius 1 is 1.27 bits per heavy atom. The van der Waals surface area contributed by atoms with Crippen molar-refractivity contribution < 1.29 is 9.18 Å². The van der Waals surface area contributed by atoms with E-state index in [2.05, 4.69) is 20.2 Å². The summed E-state index contributed by atoms with van der Waals surface area (Å²) in [5.74, 6) is -0.226. The van der Waals surface area contributed by atoms with Crippen molar-refractivity contribution in [1.82, 2.24) is 9.97 Å². The number of hydrogen-bond donors (Lipinski definition) is 1. The Hall–Kier alpha value is -2.50. The molecule has 0 spiro atoms. The smallest absolute Gasteiger partial charge is 0.259 e. The molecule has 114 valence electrons. The van der Waals surface area contributed by atoms with E-state index >= 15 is 0 Å². The van der Waals surface area contributed by atoms with Crippen molar-refractivity contribution in [1.29, 1.82) is 0 Å². The zero-order chi connectivity index (χ0) is 15.5. The molecule has 3 rings (SSSR count). The van der Waals surface area contributed by atoms with Crippen LogP contribution in [0.25, 0.3) is 0 Å². The third kappa shape index (κ3) is 2.90. The van der Waals surface area contributed by atoms with E-state index in [1.54, 1.807) is 19.1 Å². The molecule has 0 saturated carbocycles. The summed E-state index contributed by atoms with van der Waals surface area (Å²) in [7, 11) is 0. The van der Waals surface area contributed by atoms with Gasteiger partial charge in [0.15, 0.2) is 0 Å². The first kappa shape index (κ1) is 14.4. The molecule has 22 heavy (non-hydrogen) atoms. The maximum atomic E-state index is 13.6. The molecule has 1 aromatic carbocycles. The predicted octanol–water partition coefficient (Wildman–Crippen LogP) is 2.78. The zero-order valence-corrected chi connectivity index (χ0v) is 12.3. The van der Waals surface area contributed by atoms with Gasteiger partial charge in [0.2, 0.25) is 5.95 Å². The lowest BCUT2D eigenvalue weighted by Gasteiger charge is -2.16. The third-order valence-corrected chi connectivity index (χ3v) is 3.72. The first-order valence-electron chi connectivity index (χ1n) is 7.29. The van der Waals surface area contributed by atoms with Gasteiger partial charge in [0.1, 0.15) is 5.82 Å². The molecule has 2 aromatic rings. The van der Waals surface area contributed by atoms with Crippen LogP contribution in [0.4, 0.5) is 16.0 Å². The van der Waals surface area contributed by atoms with Crippen molar-refractivity contribution in [2.24, 2.45) is 0 Å². The molecule has 1 N–H and O–H groups in total. The number of aryl methyl sites for hydroxylation is 1. The van der Waals surface area contributed by atoms with Crippen LogP contribution in [0.15, 0.2) is 30.5 Å². The van der Waals surface area contributed by atoms with Crippen LogP contribution in [-0.2, 0) is 0 Å². The number of carbonyl (C=O) groups excluding carboxylic acids is 1. The Morgan fingerprint density at radius 2 is 2.00 bits per heavy atom. The van der Waals surface area contributed by atoms with Gasteiger partial charge >= 0.3 is 0 Å². The Morgan fingerprint density at radius 3 is 2.68 bits per heavy atom. The molecule has 0 bridgehead atoms. The van der Waals surface area contributed by atoms with Crippen LogP contribution < -0.4 is 10.2 Å². The molecule has 1 saturated heterocycles. The Labute approximate surface area is 128 Å². The predicted molar refractivity (Wildman–Crippen MR) is 82.6 cm³/mol. The minimum Gasteiger partial charge on any atom is -0.341 e. The van der Waals surface area contributed by atoms with Gasteiger partial charge in [0, 0.05) is 19.3 Å². The van der Waals surface area contributed by atoms with Crippen LogP contribution in [0.2, 0.25) is 0 Å². The van der Waals surface area contributed by atoms with E-state index < -0.39 is 11.7 Å². The first-order valence-corrected chi connectivity index (χ1v) is 7.29. The SMILES string of the molecule is Cc1nc(N2CCCC2)ncc1C(=O)Nc1ccccc1F. The number of halogens is 1. The van der Waals surface area contributed by atoms with E-state index in [4.69, 9.17) is 0 Å². The second-order valence-corrected chi connectivity index (χ2v) is 5.30. The number of aromatic nitrogens is 2. The summed E-state index contributed by atoms with van der Waals surface area (Å²) in [6.45, 7) is 3.65. The van der Waals surface area contributed by atoms with Crippen LogP contribution in [0, 0.1) is 12.7 Å². The average molecular weight is 300 g/mol. The largest absolute Gasteiger partial charge is 0.341 e. The summed E-state index contributed by atoms with van der Waals surface area (Å²) in [6, 6.07) is 6.06. The standard InChI is InChI=1S/C16H17FN4O/c1-11-12(10-18-16(19-11)21-8-4-5-9-21)15(22)20-14-7-3-2-6-13(14)17/h2-3,6-7,10H,4-5,8-9H2,1H3,(H,20,22). The van der Waals surface area contributed by atoms with E-state index in [1.807, 2.05) is 0 Å². The molecule has 1 amide bonds. The van der Waals surface area contributed by atoms with Crippen LogP contribution in [0.5, 0.6) is 0 Å². The van der Waals surface area contributed by atoms with Crippen molar-refractivity contribution in [3.63, 3.8) is 0 Å². The number of nitrogens with one attached hydrogen (secondary N) is 1. The van der Waals surface area contributed by atoms with Crippen molar-refractivity contribution >= 4 is 17.5 Å². The molecule has 1 aliphatic heterocycles. The van der Waals surface area contributed by atoms with Gasteiger partial charge in [0.25, 0.3) is 5.91 Å². The molecule has 0 unspecified atom stereocenters. The van der Waals surface area contributed by atoms with Gasteiger partial charge < -0.3 is 10.2 Å². The van der Waals surface area contributed by atoms with Crippen LogP contribution >= 0.6 is 0 Å². The Bertz CT molecular complexity index is 698. The summed E-state index contributed by atoms with van der Waals surface area (Å²) in [6.07, 6.45) is 3.78. The van der Waals surface area contributed by atoms with E-state index in [0.29, 0.717) is 17.2 Å². The summed E-state index contributed by atoms with van der Waals surface area (Å²) in [5.41, 5.74) is 1.09. The lowest BCUT2D eigenvalue weighted by Crippen LogP contribution is -2.22. The molecular formula is C16H17FN4O. The lowest BCUT2D eigenvalue weighted by atomic mass is 10.2. The van der Waals surface area contributed by atoms with Crippen LogP contribution in [0.3, 0.4) is 0 Å². The Balaban J connectivity index is 1.79. The maximum absolute atomic E-state index is 13.6. The number of carbonyl (C=O) groups is 1. The minimum atomic E-state index is -0.469. The first-order chi connectivity index (χ1) is 10.6. The summed E-state index contributed by atoms with van der Waals surface area (Å²) in [5, 5.41) is 2.55. The van der Waals surface area contributed by atoms with Crippen molar-refractivity contribution in [3.8, 4) is 0 Å². The molecule has 0 atom stereocenters. The highest BCUT2D eigenvalue weighted by atomic mass is 19.1. The fraction of sp³-hybridized carbons (Fsp3) is 0.312. The molecule has 2 heterocycles. The fourth-order valence-electron chi connectivity index (χ4n) is 2.50. The van der Waals surface area contributed by atoms with Gasteiger partial charge in [-0.15, -0.1) is 0 Å². The van der Waals surface area contributed by atoms with E-state index in [9.17, 15) is 9.18 Å². The van der Waals surface area contributed by atoms with E-state index in [-0.39, 0.29) is 5.69 Å². The minimum absolute atomic E-state index is 0.149. The second-order valence-electron chi connectivity index (χ2n) is 5.30. The summed E-state index contributed by atoms with van der Waals surface area (Å²) >= 11 is 0. The van der Waals surface area contributed by atoms with Gasteiger partial charge in [0.05, 0.1) is 16.9 Å². The fourth-order valence-corrected chi connectivity index (χ4v) is 2.50. The zero-order valence-electron chi connectivity index (χ0n) is 12.3. The molecule has 5 nitrogen and oxygen atoms in total. The topological polar surface area (TPSA) is 58.1 Å². The van der Waals surface area contributed by atoms with Gasteiger partial charge in [-0.05, 0) is 31.9 Å². The summed E-state index contributed by atoms with van der Waals surface area (Å²) in [4.78, 5) is 23.0. The van der Waals surface area contributed by atoms with Gasteiger partial charge in [-0.2, -0.15) is 0 Å². The third-order valence-electron chi connectivity index (χ3n) is 3.72. The number of rotatable bonds is 3. The maximum Gasteiger partial charge on any atom is 0.259 e. The number of para-hydroxylation sites is 1. The highest BCUT2D eigenvalue weighted by Gasteiger charge is 2.18. The van der Waals surface area contributed by atoms with E-state index in [1.165, 1.54) is 18.3 Å². The normalized spacial score (nSPS) is 14.2. The van der Waals surface area contributed by atoms with Gasteiger partial charge in [-0.25, -0.2) is 14.4 Å². The van der Waals surface area contributed by atoms with E-state index in [0.717, 1.165) is 25.9 Å². The molecule has 1 fully saturated rings. The molecule has 1 aliphatic rings. The summed E-state index contributed by atoms with van der Waals surface area (Å²) < 4.78 is 13.6. The molecule has 0 aliphatic carbocycles. The number of hydrogen-bond acceptors (Lipinski definition) is 4. The molecule has 0 radical (unpaired) electrons. The highest BCUT2D eigenvalue weighted by Crippen LogP contribution is 2.18. The molecular weight excluding hydrogens is 283 g/mol. The molecule has 1 aromatic heterocycles. The number of benzene rings is 1. The monoisotopic (exact) mass is 300 g/mol. The quantitative estimate of drug-likeness (QED) is 0.947. The Kier molecular flexibility index (Phi) is 4.00. The second kappa shape index (κ2) is 6.09. The van der Waals surface area contributed by atoms with Gasteiger partial charge in [-0.1, -0.05) is 12.1 Å². The highest BCUT2D eigenvalue weighted by molar-refractivity contribution is 6.04. The van der Waals surface area contributed by atoms with Crippen molar-refractivity contribution in [2.45, 2.75) is 19.8 Å². The lowest BCUT2D eigenvalue weighted by molar-refractivity contribution is 0.102. The number of amides is 1. The van der Waals surface area contributed by atoms with Crippen molar-refractivity contribution in [3.05, 3.63) is 47.5 Å². The van der Waals surface area contributed by atoms with Crippen LogP contribution in [-0.4, -0.2) is 29.0 Å². The molecule has 6 heteroatoms. The number of nitrogens with zero attached hydrogens (tertiary/aromatic N) is 3.